The molecular weight excluding hydrogens is 258 g/mol. The first kappa shape index (κ1) is 14.4. The Morgan fingerprint density at radius 3 is 2.67 bits per heavy atom. The predicted octanol–water partition coefficient (Wildman–Crippen LogP) is 0.990. The number of nitrogens with one attached hydrogen (secondary N) is 1. The number of halogens is 1. The van der Waals surface area contributed by atoms with Gasteiger partial charge in [-0.3, -0.25) is 4.79 Å². The van der Waals surface area contributed by atoms with Crippen molar-refractivity contribution in [3.05, 3.63) is 5.28 Å². The summed E-state index contributed by atoms with van der Waals surface area (Å²) in [5.41, 5.74) is 4.24. The Labute approximate surface area is 110 Å². The Morgan fingerprint density at radius 2 is 2.11 bits per heavy atom. The summed E-state index contributed by atoms with van der Waals surface area (Å²) in [5, 5.41) is 2.76. The maximum absolute atomic E-state index is 11.2. The summed E-state index contributed by atoms with van der Waals surface area (Å²) in [6, 6.07) is 0.111. The molecule has 1 aromatic heterocycles. The molecule has 18 heavy (non-hydrogen) atoms. The summed E-state index contributed by atoms with van der Waals surface area (Å²) >= 11 is 5.74. The number of aromatic nitrogens is 3. The molecule has 0 aliphatic rings. The molecule has 100 valence electrons. The van der Waals surface area contributed by atoms with Crippen LogP contribution >= 0.6 is 11.6 Å². The molecule has 0 radical (unpaired) electrons. The molecule has 1 rings (SSSR count). The van der Waals surface area contributed by atoms with Gasteiger partial charge in [-0.15, -0.1) is 0 Å². The number of primary amides is 1. The van der Waals surface area contributed by atoms with E-state index in [0.29, 0.717) is 6.61 Å². The highest BCUT2D eigenvalue weighted by atomic mass is 35.5. The quantitative estimate of drug-likeness (QED) is 0.801. The molecule has 3 N–H and O–H groups in total. The normalized spacial score (nSPS) is 11.1. The standard InChI is InChI=1S/C10H16ClN5O2/c1-4-5-18-9-14-7(11)13-8(15-9)16-10(2,3)6(12)17/h4-5H2,1-3H3,(H2,12,17)(H,13,14,15,16). The van der Waals surface area contributed by atoms with Crippen LogP contribution in [0.2, 0.25) is 5.28 Å². The van der Waals surface area contributed by atoms with Gasteiger partial charge >= 0.3 is 6.01 Å². The zero-order valence-corrected chi connectivity index (χ0v) is 11.3. The van der Waals surface area contributed by atoms with Crippen molar-refractivity contribution >= 4 is 23.5 Å². The molecule has 1 amide bonds. The molecule has 0 aliphatic heterocycles. The van der Waals surface area contributed by atoms with Gasteiger partial charge in [0.15, 0.2) is 0 Å². The fourth-order valence-corrected chi connectivity index (χ4v) is 1.14. The molecule has 7 nitrogen and oxygen atoms in total. The van der Waals surface area contributed by atoms with Gasteiger partial charge in [0.25, 0.3) is 0 Å². The lowest BCUT2D eigenvalue weighted by molar-refractivity contribution is -0.121. The molecule has 0 unspecified atom stereocenters. The third kappa shape index (κ3) is 3.99. The number of ether oxygens (including phenoxy) is 1. The van der Waals surface area contributed by atoms with Crippen molar-refractivity contribution in [3.63, 3.8) is 0 Å². The van der Waals surface area contributed by atoms with Crippen LogP contribution in [0.25, 0.3) is 0 Å². The Hall–Kier alpha value is -1.63. The van der Waals surface area contributed by atoms with Gasteiger partial charge in [0.05, 0.1) is 6.61 Å². The first-order chi connectivity index (χ1) is 8.35. The number of rotatable bonds is 6. The molecule has 0 aliphatic carbocycles. The van der Waals surface area contributed by atoms with Crippen LogP contribution in [0.1, 0.15) is 27.2 Å². The maximum Gasteiger partial charge on any atom is 0.322 e. The molecule has 0 spiro atoms. The van der Waals surface area contributed by atoms with E-state index in [4.69, 9.17) is 22.1 Å². The molecule has 0 saturated carbocycles. The SMILES string of the molecule is CCCOc1nc(Cl)nc(NC(C)(C)C(N)=O)n1. The van der Waals surface area contributed by atoms with Gasteiger partial charge in [0, 0.05) is 0 Å². The number of carbonyl (C=O) groups excluding carboxylic acids is 1. The molecule has 0 atom stereocenters. The van der Waals surface area contributed by atoms with Crippen LogP contribution in [-0.2, 0) is 4.79 Å². The van der Waals surface area contributed by atoms with Crippen molar-refractivity contribution in [2.24, 2.45) is 5.73 Å². The van der Waals surface area contributed by atoms with Gasteiger partial charge < -0.3 is 15.8 Å². The summed E-state index contributed by atoms with van der Waals surface area (Å²) in [7, 11) is 0. The number of nitrogens with zero attached hydrogens (tertiary/aromatic N) is 3. The highest BCUT2D eigenvalue weighted by molar-refractivity contribution is 6.28. The van der Waals surface area contributed by atoms with Gasteiger partial charge in [-0.05, 0) is 31.9 Å². The van der Waals surface area contributed by atoms with E-state index in [9.17, 15) is 4.79 Å². The number of carbonyl (C=O) groups is 1. The zero-order valence-electron chi connectivity index (χ0n) is 10.5. The smallest absolute Gasteiger partial charge is 0.322 e. The summed E-state index contributed by atoms with van der Waals surface area (Å²) in [6.45, 7) is 5.65. The number of nitrogens with two attached hydrogens (primary N) is 1. The molecule has 1 aromatic rings. The van der Waals surface area contributed by atoms with Crippen molar-refractivity contribution < 1.29 is 9.53 Å². The van der Waals surface area contributed by atoms with Crippen LogP contribution in [0, 0.1) is 0 Å². The topological polar surface area (TPSA) is 103 Å². The van der Waals surface area contributed by atoms with E-state index in [1.807, 2.05) is 6.92 Å². The number of hydrogen-bond acceptors (Lipinski definition) is 6. The van der Waals surface area contributed by atoms with E-state index < -0.39 is 11.4 Å². The van der Waals surface area contributed by atoms with Crippen molar-refractivity contribution in [2.45, 2.75) is 32.7 Å². The second-order valence-electron chi connectivity index (χ2n) is 4.17. The number of hydrogen-bond donors (Lipinski definition) is 2. The Bertz CT molecular complexity index is 438. The molecule has 0 saturated heterocycles. The molecule has 0 fully saturated rings. The number of amides is 1. The first-order valence-corrected chi connectivity index (χ1v) is 5.85. The lowest BCUT2D eigenvalue weighted by Gasteiger charge is -2.22. The molecule has 8 heteroatoms. The lowest BCUT2D eigenvalue weighted by atomic mass is 10.1. The first-order valence-electron chi connectivity index (χ1n) is 5.47. The van der Waals surface area contributed by atoms with Gasteiger partial charge in [-0.25, -0.2) is 0 Å². The number of anilines is 1. The highest BCUT2D eigenvalue weighted by Gasteiger charge is 2.26. The zero-order chi connectivity index (χ0) is 13.8. The van der Waals surface area contributed by atoms with Crippen LogP contribution in [0.4, 0.5) is 5.95 Å². The second-order valence-corrected chi connectivity index (χ2v) is 4.51. The van der Waals surface area contributed by atoms with Crippen molar-refractivity contribution in [2.75, 3.05) is 11.9 Å². The Morgan fingerprint density at radius 1 is 1.44 bits per heavy atom. The van der Waals surface area contributed by atoms with E-state index >= 15 is 0 Å². The summed E-state index contributed by atoms with van der Waals surface area (Å²) in [4.78, 5) is 22.8. The van der Waals surface area contributed by atoms with Gasteiger partial charge in [0.2, 0.25) is 17.1 Å². The molecule has 1 heterocycles. The average Bonchev–Trinajstić information content (AvgIpc) is 2.24. The van der Waals surface area contributed by atoms with Gasteiger partial charge in [-0.1, -0.05) is 6.92 Å². The summed E-state index contributed by atoms with van der Waals surface area (Å²) < 4.78 is 5.25. The van der Waals surface area contributed by atoms with E-state index in [0.717, 1.165) is 6.42 Å². The van der Waals surface area contributed by atoms with E-state index in [-0.39, 0.29) is 17.2 Å². The van der Waals surface area contributed by atoms with Crippen LogP contribution in [0.5, 0.6) is 6.01 Å². The maximum atomic E-state index is 11.2. The third-order valence-electron chi connectivity index (χ3n) is 2.06. The summed E-state index contributed by atoms with van der Waals surface area (Å²) in [6.07, 6.45) is 0.818. The van der Waals surface area contributed by atoms with E-state index in [1.54, 1.807) is 13.8 Å². The van der Waals surface area contributed by atoms with Crippen molar-refractivity contribution in [1.82, 2.24) is 15.0 Å². The minimum atomic E-state index is -0.993. The highest BCUT2D eigenvalue weighted by Crippen LogP contribution is 2.15. The minimum absolute atomic E-state index is 0.0149. The molecule has 0 aromatic carbocycles. The predicted molar refractivity (Wildman–Crippen MR) is 67.5 cm³/mol. The second kappa shape index (κ2) is 5.81. The molecular formula is C10H16ClN5O2. The Kier molecular flexibility index (Phi) is 4.66. The van der Waals surface area contributed by atoms with Crippen LogP contribution in [0.3, 0.4) is 0 Å². The van der Waals surface area contributed by atoms with Crippen LogP contribution in [0.15, 0.2) is 0 Å². The lowest BCUT2D eigenvalue weighted by Crippen LogP contribution is -2.45. The molecule has 0 bridgehead atoms. The van der Waals surface area contributed by atoms with Crippen molar-refractivity contribution in [1.29, 1.82) is 0 Å². The monoisotopic (exact) mass is 273 g/mol. The average molecular weight is 274 g/mol. The Balaban J connectivity index is 2.89. The van der Waals surface area contributed by atoms with E-state index in [2.05, 4.69) is 20.3 Å². The largest absolute Gasteiger partial charge is 0.463 e. The van der Waals surface area contributed by atoms with Crippen LogP contribution < -0.4 is 15.8 Å². The van der Waals surface area contributed by atoms with Crippen LogP contribution in [-0.4, -0.2) is 33.0 Å². The van der Waals surface area contributed by atoms with Crippen molar-refractivity contribution in [3.8, 4) is 6.01 Å². The minimum Gasteiger partial charge on any atom is -0.463 e. The fraction of sp³-hybridized carbons (Fsp3) is 0.600. The summed E-state index contributed by atoms with van der Waals surface area (Å²) in [5.74, 6) is -0.389. The van der Waals surface area contributed by atoms with Gasteiger partial charge in [-0.2, -0.15) is 15.0 Å². The fourth-order valence-electron chi connectivity index (χ4n) is 0.987. The van der Waals surface area contributed by atoms with Gasteiger partial charge in [0.1, 0.15) is 5.54 Å². The van der Waals surface area contributed by atoms with E-state index in [1.165, 1.54) is 0 Å². The third-order valence-corrected chi connectivity index (χ3v) is 2.23.